The molecule has 2 atom stereocenters. The second-order valence-electron chi connectivity index (χ2n) is 6.84. The predicted molar refractivity (Wildman–Crippen MR) is 91.9 cm³/mol. The molecule has 2 N–H and O–H groups in total. The summed E-state index contributed by atoms with van der Waals surface area (Å²) in [6.07, 6.45) is 7.19. The van der Waals surface area contributed by atoms with Crippen LogP contribution in [0.4, 0.5) is 5.82 Å². The van der Waals surface area contributed by atoms with E-state index in [0.29, 0.717) is 5.92 Å². The number of pyridine rings is 1. The van der Waals surface area contributed by atoms with Crippen LogP contribution in [-0.4, -0.2) is 32.2 Å². The Hall–Kier alpha value is -2.47. The summed E-state index contributed by atoms with van der Waals surface area (Å²) in [6.45, 7) is 0.799. The molecule has 5 rings (SSSR count). The maximum Gasteiger partial charge on any atom is 0.153 e. The molecule has 1 saturated carbocycles. The fourth-order valence-corrected chi connectivity index (χ4v) is 3.67. The largest absolute Gasteiger partial charge is 0.345 e. The number of nitrogens with zero attached hydrogens (tertiary/aromatic N) is 5. The highest BCUT2D eigenvalue weighted by atomic mass is 15.4. The van der Waals surface area contributed by atoms with Crippen molar-refractivity contribution >= 4 is 11.5 Å². The fraction of sp³-hybridized carbons (Fsp3) is 0.389. The van der Waals surface area contributed by atoms with Gasteiger partial charge in [-0.05, 0) is 43.5 Å². The van der Waals surface area contributed by atoms with E-state index >= 15 is 0 Å². The van der Waals surface area contributed by atoms with Gasteiger partial charge in [-0.25, -0.2) is 9.50 Å². The molecule has 4 heterocycles. The van der Waals surface area contributed by atoms with Crippen LogP contribution in [0.2, 0.25) is 0 Å². The number of fused-ring (bicyclic) bond motifs is 1. The molecule has 6 heteroatoms. The van der Waals surface area contributed by atoms with Crippen molar-refractivity contribution in [3.05, 3.63) is 54.1 Å². The lowest BCUT2D eigenvalue weighted by Gasteiger charge is -2.25. The molecule has 2 fully saturated rings. The van der Waals surface area contributed by atoms with Crippen molar-refractivity contribution in [2.75, 3.05) is 11.4 Å². The average molecular weight is 320 g/mol. The molecule has 3 aromatic rings. The van der Waals surface area contributed by atoms with Crippen LogP contribution < -0.4 is 10.6 Å². The molecule has 1 aliphatic heterocycles. The van der Waals surface area contributed by atoms with Gasteiger partial charge in [-0.3, -0.25) is 4.98 Å². The smallest absolute Gasteiger partial charge is 0.153 e. The molecule has 1 saturated heterocycles. The zero-order chi connectivity index (χ0) is 16.1. The summed E-state index contributed by atoms with van der Waals surface area (Å²) in [4.78, 5) is 11.3. The van der Waals surface area contributed by atoms with Gasteiger partial charge in [-0.15, -0.1) is 5.10 Å². The van der Waals surface area contributed by atoms with Gasteiger partial charge in [-0.1, -0.05) is 6.07 Å². The SMILES string of the molecule is NC1C[C@H](c2ccccn2)N(c2ccc3ncc(C4CC4)n3n2)C1. The summed E-state index contributed by atoms with van der Waals surface area (Å²) < 4.78 is 2.01. The lowest BCUT2D eigenvalue weighted by molar-refractivity contribution is 0.656. The molecule has 0 spiro atoms. The van der Waals surface area contributed by atoms with E-state index in [-0.39, 0.29) is 12.1 Å². The molecular formula is C18H20N6. The Balaban J connectivity index is 1.56. The Kier molecular flexibility index (Phi) is 3.06. The highest BCUT2D eigenvalue weighted by molar-refractivity contribution is 5.50. The quantitative estimate of drug-likeness (QED) is 0.801. The second-order valence-corrected chi connectivity index (χ2v) is 6.84. The minimum Gasteiger partial charge on any atom is -0.345 e. The van der Waals surface area contributed by atoms with Gasteiger partial charge in [0.1, 0.15) is 5.82 Å². The minimum absolute atomic E-state index is 0.139. The van der Waals surface area contributed by atoms with Crippen molar-refractivity contribution < 1.29 is 0 Å². The molecule has 0 bridgehead atoms. The number of rotatable bonds is 3. The summed E-state index contributed by atoms with van der Waals surface area (Å²) in [6, 6.07) is 10.5. The number of hydrogen-bond donors (Lipinski definition) is 1. The van der Waals surface area contributed by atoms with Gasteiger partial charge in [0.05, 0.1) is 23.6 Å². The van der Waals surface area contributed by atoms with Gasteiger partial charge in [-0.2, -0.15) is 0 Å². The van der Waals surface area contributed by atoms with Crippen LogP contribution >= 0.6 is 0 Å². The van der Waals surface area contributed by atoms with Crippen LogP contribution in [0, 0.1) is 0 Å². The van der Waals surface area contributed by atoms with Gasteiger partial charge < -0.3 is 10.6 Å². The maximum absolute atomic E-state index is 6.25. The third-order valence-corrected chi connectivity index (χ3v) is 5.03. The van der Waals surface area contributed by atoms with E-state index in [1.165, 1.54) is 18.5 Å². The average Bonchev–Trinajstić information content (AvgIpc) is 3.25. The van der Waals surface area contributed by atoms with Gasteiger partial charge >= 0.3 is 0 Å². The van der Waals surface area contributed by atoms with Gasteiger partial charge in [0.2, 0.25) is 0 Å². The Morgan fingerprint density at radius 2 is 2.00 bits per heavy atom. The maximum atomic E-state index is 6.25. The summed E-state index contributed by atoms with van der Waals surface area (Å²) in [5, 5.41) is 4.89. The molecule has 0 radical (unpaired) electrons. The number of anilines is 1. The Morgan fingerprint density at radius 1 is 1.08 bits per heavy atom. The molecule has 0 amide bonds. The van der Waals surface area contributed by atoms with E-state index < -0.39 is 0 Å². The topological polar surface area (TPSA) is 72.3 Å². The van der Waals surface area contributed by atoms with Crippen molar-refractivity contribution in [1.82, 2.24) is 19.6 Å². The molecule has 24 heavy (non-hydrogen) atoms. The van der Waals surface area contributed by atoms with Crippen molar-refractivity contribution in [2.24, 2.45) is 5.73 Å². The van der Waals surface area contributed by atoms with Gasteiger partial charge in [0.25, 0.3) is 0 Å². The van der Waals surface area contributed by atoms with Crippen LogP contribution in [0.3, 0.4) is 0 Å². The first-order chi connectivity index (χ1) is 11.8. The van der Waals surface area contributed by atoms with Gasteiger partial charge in [0.15, 0.2) is 5.65 Å². The van der Waals surface area contributed by atoms with Crippen LogP contribution in [0.1, 0.15) is 42.6 Å². The Morgan fingerprint density at radius 3 is 2.79 bits per heavy atom. The zero-order valence-electron chi connectivity index (χ0n) is 13.4. The molecule has 1 unspecified atom stereocenters. The van der Waals surface area contributed by atoms with E-state index in [4.69, 9.17) is 10.8 Å². The lowest BCUT2D eigenvalue weighted by Crippen LogP contribution is -2.28. The molecule has 122 valence electrons. The highest BCUT2D eigenvalue weighted by Gasteiger charge is 2.34. The molecule has 3 aromatic heterocycles. The van der Waals surface area contributed by atoms with E-state index in [2.05, 4.69) is 20.9 Å². The summed E-state index contributed by atoms with van der Waals surface area (Å²) >= 11 is 0. The minimum atomic E-state index is 0.139. The monoisotopic (exact) mass is 320 g/mol. The zero-order valence-corrected chi connectivity index (χ0v) is 13.4. The van der Waals surface area contributed by atoms with Crippen molar-refractivity contribution in [3.63, 3.8) is 0 Å². The summed E-state index contributed by atoms with van der Waals surface area (Å²) in [7, 11) is 0. The lowest BCUT2D eigenvalue weighted by atomic mass is 10.1. The second kappa shape index (κ2) is 5.27. The number of nitrogens with two attached hydrogens (primary N) is 1. The Bertz CT molecular complexity index is 870. The standard InChI is InChI=1S/C18H20N6/c19-13-9-15(14-3-1-2-8-20-14)23(11-13)18-7-6-17-21-10-16(12-4-5-12)24(17)22-18/h1-3,6-8,10,12-13,15H,4-5,9,11,19H2/t13?,15-/m1/s1. The number of hydrogen-bond acceptors (Lipinski definition) is 5. The van der Waals surface area contributed by atoms with E-state index in [1.807, 2.05) is 41.2 Å². The van der Waals surface area contributed by atoms with Crippen molar-refractivity contribution in [1.29, 1.82) is 0 Å². The number of aromatic nitrogens is 4. The third kappa shape index (κ3) is 2.26. The van der Waals surface area contributed by atoms with Crippen LogP contribution in [-0.2, 0) is 0 Å². The fourth-order valence-electron chi connectivity index (χ4n) is 3.67. The number of imidazole rings is 1. The molecule has 6 nitrogen and oxygen atoms in total. The van der Waals surface area contributed by atoms with Crippen molar-refractivity contribution in [3.8, 4) is 0 Å². The van der Waals surface area contributed by atoms with Crippen molar-refractivity contribution in [2.45, 2.75) is 37.3 Å². The normalized spacial score (nSPS) is 24.0. The van der Waals surface area contributed by atoms with Crippen LogP contribution in [0.25, 0.3) is 5.65 Å². The first kappa shape index (κ1) is 13.9. The highest BCUT2D eigenvalue weighted by Crippen LogP contribution is 2.40. The van der Waals surface area contributed by atoms with E-state index in [0.717, 1.165) is 30.1 Å². The molecule has 2 aliphatic rings. The van der Waals surface area contributed by atoms with E-state index in [1.54, 1.807) is 0 Å². The van der Waals surface area contributed by atoms with E-state index in [9.17, 15) is 0 Å². The predicted octanol–water partition coefficient (Wildman–Crippen LogP) is 2.28. The molecule has 1 aliphatic carbocycles. The third-order valence-electron chi connectivity index (χ3n) is 5.03. The molecular weight excluding hydrogens is 300 g/mol. The Labute approximate surface area is 140 Å². The van der Waals surface area contributed by atoms with Gasteiger partial charge in [0, 0.05) is 24.7 Å². The first-order valence-corrected chi connectivity index (χ1v) is 8.57. The summed E-state index contributed by atoms with van der Waals surface area (Å²) in [5.41, 5.74) is 9.45. The first-order valence-electron chi connectivity index (χ1n) is 8.57. The van der Waals surface area contributed by atoms with Crippen LogP contribution in [0.15, 0.2) is 42.7 Å². The summed E-state index contributed by atoms with van der Waals surface area (Å²) in [5.74, 6) is 1.57. The van der Waals surface area contributed by atoms with Crippen LogP contribution in [0.5, 0.6) is 0 Å². The molecule has 0 aromatic carbocycles.